The van der Waals surface area contributed by atoms with Crippen molar-refractivity contribution in [1.82, 2.24) is 20.1 Å². The van der Waals surface area contributed by atoms with Crippen LogP contribution in [0.2, 0.25) is 5.02 Å². The highest BCUT2D eigenvalue weighted by molar-refractivity contribution is 8.15. The number of benzene rings is 1. The van der Waals surface area contributed by atoms with Crippen molar-refractivity contribution in [2.75, 3.05) is 16.8 Å². The second-order valence-corrected chi connectivity index (χ2v) is 12.9. The number of rotatable bonds is 4. The van der Waals surface area contributed by atoms with E-state index in [1.54, 1.807) is 23.2 Å². The number of aromatic nitrogens is 3. The summed E-state index contributed by atoms with van der Waals surface area (Å²) in [5.41, 5.74) is 2.43. The molecule has 2 fully saturated rings. The number of ether oxygens (including phenoxy) is 1. The van der Waals surface area contributed by atoms with E-state index in [0.717, 1.165) is 42.8 Å². The van der Waals surface area contributed by atoms with E-state index in [1.165, 1.54) is 12.1 Å². The van der Waals surface area contributed by atoms with Gasteiger partial charge in [-0.15, -0.1) is 0 Å². The number of urea groups is 1. The molecule has 11 heteroatoms. The third kappa shape index (κ3) is 5.19. The maximum Gasteiger partial charge on any atom is 0.322 e. The molecule has 8 nitrogen and oxygen atoms in total. The number of nitrogens with one attached hydrogen (secondary N) is 2. The first kappa shape index (κ1) is 26.0. The monoisotopic (exact) mass is 569 g/mol. The number of fused-ring (bicyclic) bond motifs is 4. The van der Waals surface area contributed by atoms with E-state index < -0.39 is 11.8 Å². The Morgan fingerprint density at radius 2 is 2.05 bits per heavy atom. The average molecular weight is 570 g/mol. The van der Waals surface area contributed by atoms with Gasteiger partial charge in [-0.3, -0.25) is 4.79 Å². The fourth-order valence-corrected chi connectivity index (χ4v) is 7.89. The van der Waals surface area contributed by atoms with E-state index in [0.29, 0.717) is 44.6 Å². The zero-order chi connectivity index (χ0) is 27.1. The van der Waals surface area contributed by atoms with Gasteiger partial charge in [-0.1, -0.05) is 17.0 Å². The smallest absolute Gasteiger partial charge is 0.322 e. The summed E-state index contributed by atoms with van der Waals surface area (Å²) in [5.74, 6) is 2.26. The van der Waals surface area contributed by atoms with Crippen molar-refractivity contribution in [1.29, 1.82) is 0 Å². The Morgan fingerprint density at radius 1 is 1.23 bits per heavy atom. The SMILES string of the molecule is CC=S1CCC(Oc2ccc(-c3cc(F)c(NC(=O)N4[C@H]5CC[C@@H]4c4n[nH]c(=O)cc4C5)cc3Cl)cn2)CC1. The lowest BCUT2D eigenvalue weighted by Crippen LogP contribution is -2.45. The number of carbonyl (C=O) groups excluding carboxylic acids is 1. The van der Waals surface area contributed by atoms with Gasteiger partial charge in [0.05, 0.1) is 22.4 Å². The summed E-state index contributed by atoms with van der Waals surface area (Å²) >= 11 is 6.54. The third-order valence-corrected chi connectivity index (χ3v) is 10.3. The quantitative estimate of drug-likeness (QED) is 0.401. The number of halogens is 2. The Labute approximate surface area is 232 Å². The molecule has 3 aromatic rings. The topological polar surface area (TPSA) is 100 Å². The van der Waals surface area contributed by atoms with Gasteiger partial charge in [-0.2, -0.15) is 15.6 Å². The maximum atomic E-state index is 15.2. The summed E-state index contributed by atoms with van der Waals surface area (Å²) in [6.45, 7) is 2.12. The molecule has 0 radical (unpaired) electrons. The van der Waals surface area contributed by atoms with E-state index in [4.69, 9.17) is 16.3 Å². The Balaban J connectivity index is 1.15. The van der Waals surface area contributed by atoms with Crippen LogP contribution in [0.3, 0.4) is 0 Å². The summed E-state index contributed by atoms with van der Waals surface area (Å²) < 4.78 is 21.3. The normalized spacial score (nSPS) is 23.7. The van der Waals surface area contributed by atoms with Crippen molar-refractivity contribution < 1.29 is 13.9 Å². The maximum absolute atomic E-state index is 15.2. The van der Waals surface area contributed by atoms with Crippen LogP contribution in [0, 0.1) is 5.82 Å². The molecule has 2 amide bonds. The van der Waals surface area contributed by atoms with E-state index in [-0.39, 0.29) is 29.4 Å². The Morgan fingerprint density at radius 3 is 2.79 bits per heavy atom. The molecule has 3 aliphatic rings. The fraction of sp³-hybridized carbons (Fsp3) is 0.393. The van der Waals surface area contributed by atoms with E-state index in [2.05, 4.69) is 32.8 Å². The number of hydrogen-bond acceptors (Lipinski definition) is 5. The molecular weight excluding hydrogens is 541 g/mol. The zero-order valence-corrected chi connectivity index (χ0v) is 23.0. The molecule has 2 aromatic heterocycles. The number of nitrogens with zero attached hydrogens (tertiary/aromatic N) is 3. The lowest BCUT2D eigenvalue weighted by Gasteiger charge is -2.35. The molecule has 0 spiro atoms. The fourth-order valence-electron chi connectivity index (χ4n) is 5.81. The van der Waals surface area contributed by atoms with Gasteiger partial charge in [-0.25, -0.2) is 19.3 Å². The molecule has 5 heterocycles. The molecule has 2 atom stereocenters. The first-order valence-electron chi connectivity index (χ1n) is 13.2. The van der Waals surface area contributed by atoms with Gasteiger partial charge in [-0.05, 0) is 74.3 Å². The highest BCUT2D eigenvalue weighted by Crippen LogP contribution is 2.43. The molecule has 0 aliphatic carbocycles. The summed E-state index contributed by atoms with van der Waals surface area (Å²) in [5, 5.41) is 11.9. The Kier molecular flexibility index (Phi) is 7.16. The van der Waals surface area contributed by atoms with Crippen molar-refractivity contribution in [2.24, 2.45) is 0 Å². The van der Waals surface area contributed by atoms with Crippen LogP contribution in [0.5, 0.6) is 5.88 Å². The number of aromatic amines is 1. The Hall–Kier alpha value is -3.24. The van der Waals surface area contributed by atoms with Gasteiger partial charge < -0.3 is 15.0 Å². The lowest BCUT2D eigenvalue weighted by molar-refractivity contribution is 0.177. The van der Waals surface area contributed by atoms with Crippen LogP contribution in [0.4, 0.5) is 14.9 Å². The van der Waals surface area contributed by atoms with Crippen molar-refractivity contribution in [3.63, 3.8) is 0 Å². The number of pyridine rings is 1. The molecular formula is C28H29ClFN5O3S. The molecule has 2 N–H and O–H groups in total. The van der Waals surface area contributed by atoms with Gasteiger partial charge in [0.2, 0.25) is 5.88 Å². The Bertz CT molecular complexity index is 1500. The van der Waals surface area contributed by atoms with E-state index >= 15 is 4.39 Å². The van der Waals surface area contributed by atoms with Crippen molar-refractivity contribution >= 4 is 39.2 Å². The molecule has 39 heavy (non-hydrogen) atoms. The highest BCUT2D eigenvalue weighted by Gasteiger charge is 2.44. The predicted octanol–water partition coefficient (Wildman–Crippen LogP) is 5.55. The van der Waals surface area contributed by atoms with Crippen molar-refractivity contribution in [3.8, 4) is 17.0 Å². The second-order valence-electron chi connectivity index (χ2n) is 10.1. The molecule has 6 rings (SSSR count). The number of carbonyl (C=O) groups is 1. The standard InChI is InChI=1S/C28H29ClFN5O3S/c1-2-39-9-7-19(8-10-39)38-26-6-3-16(15-31-26)20-13-22(30)23(14-21(20)29)32-28(37)35-18-4-5-24(35)27-17(11-18)12-25(36)33-34-27/h2-3,6,12-15,18-19,24H,4-5,7-11H2,1H3,(H,32,37)(H,33,36)/t18-,19?,24+,39?/m0/s1. The van der Waals surface area contributed by atoms with Crippen LogP contribution in [0.25, 0.3) is 11.1 Å². The minimum Gasteiger partial charge on any atom is -0.474 e. The van der Waals surface area contributed by atoms with Crippen molar-refractivity contribution in [3.05, 3.63) is 69.0 Å². The number of anilines is 1. The van der Waals surface area contributed by atoms with Gasteiger partial charge in [0.25, 0.3) is 5.56 Å². The summed E-state index contributed by atoms with van der Waals surface area (Å²) in [4.78, 5) is 31.0. The van der Waals surface area contributed by atoms with E-state index in [1.807, 2.05) is 6.07 Å². The largest absolute Gasteiger partial charge is 0.474 e. The predicted molar refractivity (Wildman–Crippen MR) is 153 cm³/mol. The zero-order valence-electron chi connectivity index (χ0n) is 21.5. The van der Waals surface area contributed by atoms with Crippen LogP contribution < -0.4 is 15.6 Å². The molecule has 1 aromatic carbocycles. The highest BCUT2D eigenvalue weighted by atomic mass is 35.5. The van der Waals surface area contributed by atoms with E-state index in [9.17, 15) is 9.59 Å². The third-order valence-electron chi connectivity index (χ3n) is 7.80. The summed E-state index contributed by atoms with van der Waals surface area (Å²) in [7, 11) is 0.400. The summed E-state index contributed by atoms with van der Waals surface area (Å²) in [6.07, 6.45) is 5.89. The van der Waals surface area contributed by atoms with Crippen molar-refractivity contribution in [2.45, 2.75) is 57.2 Å². The molecule has 0 saturated carbocycles. The van der Waals surface area contributed by atoms with Gasteiger partial charge >= 0.3 is 6.03 Å². The molecule has 2 saturated heterocycles. The van der Waals surface area contributed by atoms with Crippen LogP contribution in [0.15, 0.2) is 41.3 Å². The first-order valence-corrected chi connectivity index (χ1v) is 15.2. The molecule has 3 aliphatic heterocycles. The number of hydrogen-bond donors (Lipinski definition) is 2. The minimum atomic E-state index is -0.597. The summed E-state index contributed by atoms with van der Waals surface area (Å²) in [6, 6.07) is 7.12. The van der Waals surface area contributed by atoms with Crippen LogP contribution in [0.1, 0.15) is 49.9 Å². The number of amides is 2. The van der Waals surface area contributed by atoms with Gasteiger partial charge in [0.1, 0.15) is 11.9 Å². The molecule has 204 valence electrons. The van der Waals surface area contributed by atoms with Crippen LogP contribution in [-0.2, 0) is 6.42 Å². The van der Waals surface area contributed by atoms with Gasteiger partial charge in [0.15, 0.2) is 0 Å². The minimum absolute atomic E-state index is 0.00178. The molecule has 0 unspecified atom stereocenters. The number of H-pyrrole nitrogens is 1. The van der Waals surface area contributed by atoms with Crippen LogP contribution in [-0.4, -0.2) is 55.1 Å². The van der Waals surface area contributed by atoms with Crippen LogP contribution >= 0.6 is 22.1 Å². The average Bonchev–Trinajstić information content (AvgIpc) is 3.26. The first-order chi connectivity index (χ1) is 18.9. The van der Waals surface area contributed by atoms with Gasteiger partial charge in [0, 0.05) is 35.5 Å². The lowest BCUT2D eigenvalue weighted by atomic mass is 9.99. The second kappa shape index (κ2) is 10.7. The molecule has 2 bridgehead atoms.